The Morgan fingerprint density at radius 1 is 1.15 bits per heavy atom. The molecule has 104 valence electrons. The van der Waals surface area contributed by atoms with E-state index in [2.05, 4.69) is 9.97 Å². The van der Waals surface area contributed by atoms with E-state index in [1.165, 1.54) is 6.92 Å². The maximum absolute atomic E-state index is 11.8. The van der Waals surface area contributed by atoms with E-state index in [0.29, 0.717) is 11.3 Å². The summed E-state index contributed by atoms with van der Waals surface area (Å²) >= 11 is 17.4. The molecule has 1 aromatic carbocycles. The van der Waals surface area contributed by atoms with Gasteiger partial charge in [-0.2, -0.15) is 0 Å². The molecule has 0 spiro atoms. The number of nitrogens with zero attached hydrogens (tertiary/aromatic N) is 2. The lowest BCUT2D eigenvalue weighted by Crippen LogP contribution is -2.15. The standard InChI is InChI=1S/C13H10Cl3N3O/c1-7(20)9-10(8-5-3-2-4-6-8)18-12(13(14,15)16)19-11(9)17/h2-6H,1H3,(H2,17,18,19). The van der Waals surface area contributed by atoms with Gasteiger partial charge in [0.2, 0.25) is 3.79 Å². The van der Waals surface area contributed by atoms with Crippen LogP contribution < -0.4 is 5.73 Å². The van der Waals surface area contributed by atoms with Crippen LogP contribution in [-0.2, 0) is 3.79 Å². The SMILES string of the molecule is CC(=O)c1c(N)nc(C(Cl)(Cl)Cl)nc1-c1ccccc1. The van der Waals surface area contributed by atoms with Crippen molar-refractivity contribution in [1.29, 1.82) is 0 Å². The molecule has 0 aliphatic heterocycles. The van der Waals surface area contributed by atoms with Crippen molar-refractivity contribution in [1.82, 2.24) is 9.97 Å². The number of nitrogens with two attached hydrogens (primary N) is 1. The Morgan fingerprint density at radius 2 is 1.75 bits per heavy atom. The number of alkyl halides is 3. The predicted molar refractivity (Wildman–Crippen MR) is 81.1 cm³/mol. The number of halogens is 3. The minimum atomic E-state index is -1.81. The fourth-order valence-electron chi connectivity index (χ4n) is 1.76. The first-order valence-corrected chi connectivity index (χ1v) is 6.75. The quantitative estimate of drug-likeness (QED) is 0.672. The summed E-state index contributed by atoms with van der Waals surface area (Å²) in [5.41, 5.74) is 7.08. The van der Waals surface area contributed by atoms with Crippen LogP contribution in [-0.4, -0.2) is 15.8 Å². The van der Waals surface area contributed by atoms with Crippen molar-refractivity contribution < 1.29 is 4.79 Å². The highest BCUT2D eigenvalue weighted by Gasteiger charge is 2.30. The Hall–Kier alpha value is -1.36. The molecule has 0 amide bonds. The Labute approximate surface area is 130 Å². The molecule has 0 radical (unpaired) electrons. The normalized spacial score (nSPS) is 11.4. The lowest BCUT2D eigenvalue weighted by atomic mass is 10.0. The van der Waals surface area contributed by atoms with Crippen LogP contribution in [0.25, 0.3) is 11.3 Å². The van der Waals surface area contributed by atoms with Crippen molar-refractivity contribution in [3.8, 4) is 11.3 Å². The summed E-state index contributed by atoms with van der Waals surface area (Å²) in [6, 6.07) is 9.04. The molecule has 20 heavy (non-hydrogen) atoms. The fraction of sp³-hybridized carbons (Fsp3) is 0.154. The smallest absolute Gasteiger partial charge is 0.250 e. The van der Waals surface area contributed by atoms with Gasteiger partial charge in [-0.1, -0.05) is 65.1 Å². The molecule has 4 nitrogen and oxygen atoms in total. The van der Waals surface area contributed by atoms with Gasteiger partial charge in [0, 0.05) is 5.56 Å². The minimum Gasteiger partial charge on any atom is -0.383 e. The summed E-state index contributed by atoms with van der Waals surface area (Å²) in [6.07, 6.45) is 0. The average Bonchev–Trinajstić information content (AvgIpc) is 2.37. The van der Waals surface area contributed by atoms with Crippen molar-refractivity contribution in [2.75, 3.05) is 5.73 Å². The number of nitrogen functional groups attached to an aromatic ring is 1. The van der Waals surface area contributed by atoms with Gasteiger partial charge in [-0.15, -0.1) is 0 Å². The maximum Gasteiger partial charge on any atom is 0.250 e. The van der Waals surface area contributed by atoms with Crippen LogP contribution in [0.4, 0.5) is 5.82 Å². The first kappa shape index (κ1) is 15.0. The van der Waals surface area contributed by atoms with Gasteiger partial charge in [0.25, 0.3) is 0 Å². The van der Waals surface area contributed by atoms with E-state index >= 15 is 0 Å². The molecule has 2 rings (SSSR count). The zero-order valence-corrected chi connectivity index (χ0v) is 12.7. The molecule has 1 aromatic heterocycles. The van der Waals surface area contributed by atoms with Gasteiger partial charge < -0.3 is 5.73 Å². The number of ketones is 1. The molecule has 1 heterocycles. The lowest BCUT2D eigenvalue weighted by Gasteiger charge is -2.15. The Kier molecular flexibility index (Phi) is 4.18. The van der Waals surface area contributed by atoms with Crippen LogP contribution in [0.3, 0.4) is 0 Å². The molecule has 0 bridgehead atoms. The number of anilines is 1. The number of rotatable bonds is 2. The van der Waals surface area contributed by atoms with E-state index in [0.717, 1.165) is 0 Å². The van der Waals surface area contributed by atoms with Gasteiger partial charge >= 0.3 is 0 Å². The summed E-state index contributed by atoms with van der Waals surface area (Å²) < 4.78 is -1.81. The first-order valence-electron chi connectivity index (χ1n) is 5.61. The van der Waals surface area contributed by atoms with Crippen molar-refractivity contribution in [2.45, 2.75) is 10.7 Å². The maximum atomic E-state index is 11.8. The largest absolute Gasteiger partial charge is 0.383 e. The van der Waals surface area contributed by atoms with Gasteiger partial charge in [0.05, 0.1) is 11.3 Å². The number of hydrogen-bond acceptors (Lipinski definition) is 4. The number of hydrogen-bond donors (Lipinski definition) is 1. The highest BCUT2D eigenvalue weighted by atomic mass is 35.6. The molecule has 0 saturated heterocycles. The average molecular weight is 331 g/mol. The summed E-state index contributed by atoms with van der Waals surface area (Å²) in [4.78, 5) is 19.9. The molecule has 2 aromatic rings. The van der Waals surface area contributed by atoms with Crippen molar-refractivity contribution >= 4 is 46.4 Å². The molecule has 0 aliphatic carbocycles. The molecule has 0 unspecified atom stereocenters. The Bertz CT molecular complexity index is 654. The van der Waals surface area contributed by atoms with Crippen LogP contribution in [0.5, 0.6) is 0 Å². The van der Waals surface area contributed by atoms with Gasteiger partial charge in [-0.3, -0.25) is 4.79 Å². The minimum absolute atomic E-state index is 0.00678. The molecular formula is C13H10Cl3N3O. The lowest BCUT2D eigenvalue weighted by molar-refractivity contribution is 0.101. The van der Waals surface area contributed by atoms with E-state index < -0.39 is 3.79 Å². The van der Waals surface area contributed by atoms with E-state index in [4.69, 9.17) is 40.5 Å². The predicted octanol–water partition coefficient (Wildman–Crippen LogP) is 3.76. The van der Waals surface area contributed by atoms with Crippen LogP contribution in [0.2, 0.25) is 0 Å². The summed E-state index contributed by atoms with van der Waals surface area (Å²) in [5, 5.41) is 0. The zero-order valence-electron chi connectivity index (χ0n) is 10.4. The zero-order chi connectivity index (χ0) is 14.9. The Morgan fingerprint density at radius 3 is 2.25 bits per heavy atom. The first-order chi connectivity index (χ1) is 9.30. The van der Waals surface area contributed by atoms with E-state index in [1.54, 1.807) is 12.1 Å². The molecule has 0 saturated carbocycles. The number of aromatic nitrogens is 2. The van der Waals surface area contributed by atoms with Crippen LogP contribution in [0.1, 0.15) is 23.1 Å². The summed E-state index contributed by atoms with van der Waals surface area (Å²) in [6.45, 7) is 1.39. The second-order valence-corrected chi connectivity index (χ2v) is 6.36. The topological polar surface area (TPSA) is 68.9 Å². The molecule has 7 heteroatoms. The van der Waals surface area contributed by atoms with Gasteiger partial charge in [-0.05, 0) is 6.92 Å². The van der Waals surface area contributed by atoms with E-state index in [-0.39, 0.29) is 23.0 Å². The second kappa shape index (κ2) is 5.56. The van der Waals surface area contributed by atoms with Crippen LogP contribution >= 0.6 is 34.8 Å². The molecule has 0 aliphatic rings. The van der Waals surface area contributed by atoms with Crippen molar-refractivity contribution in [3.63, 3.8) is 0 Å². The monoisotopic (exact) mass is 329 g/mol. The third-order valence-electron chi connectivity index (χ3n) is 2.59. The highest BCUT2D eigenvalue weighted by Crippen LogP contribution is 2.38. The number of Topliss-reactive ketones (excluding diaryl/α,β-unsaturated/α-hetero) is 1. The fourth-order valence-corrected chi connectivity index (χ4v) is 2.01. The number of carbonyl (C=O) groups is 1. The number of carbonyl (C=O) groups excluding carboxylic acids is 1. The van der Waals surface area contributed by atoms with Crippen molar-refractivity contribution in [2.24, 2.45) is 0 Å². The van der Waals surface area contributed by atoms with E-state index in [9.17, 15) is 4.79 Å². The summed E-state index contributed by atoms with van der Waals surface area (Å²) in [5.74, 6) is -0.325. The highest BCUT2D eigenvalue weighted by molar-refractivity contribution is 6.66. The second-order valence-electron chi connectivity index (χ2n) is 4.08. The Balaban J connectivity index is 2.75. The molecule has 0 atom stereocenters. The molecule has 0 fully saturated rings. The third kappa shape index (κ3) is 3.03. The van der Waals surface area contributed by atoms with Gasteiger partial charge in [0.15, 0.2) is 11.6 Å². The van der Waals surface area contributed by atoms with Crippen LogP contribution in [0, 0.1) is 0 Å². The third-order valence-corrected chi connectivity index (χ3v) is 3.10. The van der Waals surface area contributed by atoms with Gasteiger partial charge in [0.1, 0.15) is 5.82 Å². The van der Waals surface area contributed by atoms with Crippen LogP contribution in [0.15, 0.2) is 30.3 Å². The molecule has 2 N–H and O–H groups in total. The summed E-state index contributed by atoms with van der Waals surface area (Å²) in [7, 11) is 0. The van der Waals surface area contributed by atoms with E-state index in [1.807, 2.05) is 18.2 Å². The van der Waals surface area contributed by atoms with Crippen molar-refractivity contribution in [3.05, 3.63) is 41.7 Å². The van der Waals surface area contributed by atoms with Gasteiger partial charge in [-0.25, -0.2) is 9.97 Å². The molecular weight excluding hydrogens is 321 g/mol. The number of benzene rings is 1.